The van der Waals surface area contributed by atoms with Crippen molar-refractivity contribution in [3.8, 4) is 0 Å². The number of carbonyl (C=O) groups is 1. The highest BCUT2D eigenvalue weighted by Crippen LogP contribution is 2.38. The lowest BCUT2D eigenvalue weighted by molar-refractivity contribution is 0.00809. The van der Waals surface area contributed by atoms with Gasteiger partial charge in [0.15, 0.2) is 0 Å². The molecule has 1 saturated heterocycles. The van der Waals surface area contributed by atoms with Gasteiger partial charge in [0, 0.05) is 30.5 Å². The van der Waals surface area contributed by atoms with Crippen LogP contribution in [-0.4, -0.2) is 29.6 Å². The van der Waals surface area contributed by atoms with Gasteiger partial charge in [-0.2, -0.15) is 0 Å². The Kier molecular flexibility index (Phi) is 2.82. The highest BCUT2D eigenvalue weighted by molar-refractivity contribution is 5.94. The zero-order valence-electron chi connectivity index (χ0n) is 10.8. The Morgan fingerprint density at radius 1 is 1.50 bits per heavy atom. The van der Waals surface area contributed by atoms with Crippen LogP contribution in [0.3, 0.4) is 0 Å². The molecule has 3 rings (SSSR count). The molecule has 0 aromatic carbocycles. The Morgan fingerprint density at radius 2 is 2.33 bits per heavy atom. The van der Waals surface area contributed by atoms with E-state index in [1.54, 1.807) is 6.20 Å². The lowest BCUT2D eigenvalue weighted by Crippen LogP contribution is -2.53. The summed E-state index contributed by atoms with van der Waals surface area (Å²) in [5.74, 6) is 0.509. The molecule has 2 heterocycles. The number of nitrogens with zero attached hydrogens (tertiary/aromatic N) is 1. The second-order valence-corrected chi connectivity index (χ2v) is 5.30. The highest BCUT2D eigenvalue weighted by atomic mass is 16.5. The molecule has 0 unspecified atom stereocenters. The first kappa shape index (κ1) is 11.7. The number of hydrogen-bond donors (Lipinski definition) is 1. The van der Waals surface area contributed by atoms with Crippen LogP contribution in [0.2, 0.25) is 0 Å². The molecule has 1 amide bonds. The Bertz CT molecular complexity index is 487. The highest BCUT2D eigenvalue weighted by Gasteiger charge is 2.45. The van der Waals surface area contributed by atoms with Crippen molar-refractivity contribution in [3.63, 3.8) is 0 Å². The number of aryl methyl sites for hydroxylation is 2. The fraction of sp³-hybridized carbons (Fsp3) is 0.571. The van der Waals surface area contributed by atoms with E-state index in [-0.39, 0.29) is 11.9 Å². The normalized spacial score (nSPS) is 29.6. The summed E-state index contributed by atoms with van der Waals surface area (Å²) in [6, 6.07) is 2.19. The number of ether oxygens (including phenoxy) is 1. The molecule has 4 nitrogen and oxygen atoms in total. The zero-order valence-corrected chi connectivity index (χ0v) is 10.8. The second-order valence-electron chi connectivity index (χ2n) is 5.30. The molecule has 2 aliphatic rings. The first-order valence-corrected chi connectivity index (χ1v) is 6.51. The first-order chi connectivity index (χ1) is 8.65. The molecule has 1 aliphatic heterocycles. The van der Waals surface area contributed by atoms with Crippen LogP contribution in [-0.2, 0) is 4.74 Å². The molecule has 96 valence electrons. The van der Waals surface area contributed by atoms with Crippen molar-refractivity contribution in [3.05, 3.63) is 29.1 Å². The Balaban J connectivity index is 1.66. The molecule has 1 aromatic heterocycles. The SMILES string of the molecule is Cc1cc(C(=O)N[C@@H]2C[C@H]3OCC[C@@H]23)cnc1C. The summed E-state index contributed by atoms with van der Waals surface area (Å²) in [7, 11) is 0. The van der Waals surface area contributed by atoms with Crippen LogP contribution in [0, 0.1) is 19.8 Å². The molecule has 0 bridgehead atoms. The molecule has 0 spiro atoms. The fourth-order valence-electron chi connectivity index (χ4n) is 2.78. The van der Waals surface area contributed by atoms with Crippen molar-refractivity contribution < 1.29 is 9.53 Å². The number of hydrogen-bond acceptors (Lipinski definition) is 3. The van der Waals surface area contributed by atoms with Gasteiger partial charge in [-0.15, -0.1) is 0 Å². The summed E-state index contributed by atoms with van der Waals surface area (Å²) in [5, 5.41) is 3.09. The van der Waals surface area contributed by atoms with Crippen LogP contribution in [0.4, 0.5) is 0 Å². The molecule has 0 radical (unpaired) electrons. The largest absolute Gasteiger partial charge is 0.378 e. The average molecular weight is 246 g/mol. The van der Waals surface area contributed by atoms with Gasteiger partial charge >= 0.3 is 0 Å². The Labute approximate surface area is 107 Å². The lowest BCUT2D eigenvalue weighted by atomic mass is 9.76. The van der Waals surface area contributed by atoms with Gasteiger partial charge in [-0.25, -0.2) is 0 Å². The molecule has 1 aromatic rings. The van der Waals surface area contributed by atoms with Crippen molar-refractivity contribution in [2.24, 2.45) is 5.92 Å². The van der Waals surface area contributed by atoms with Crippen molar-refractivity contribution in [1.82, 2.24) is 10.3 Å². The van der Waals surface area contributed by atoms with Gasteiger partial charge in [0.05, 0.1) is 11.7 Å². The van der Waals surface area contributed by atoms with Gasteiger partial charge < -0.3 is 10.1 Å². The third-order valence-corrected chi connectivity index (χ3v) is 4.18. The van der Waals surface area contributed by atoms with Gasteiger partial charge in [-0.3, -0.25) is 9.78 Å². The monoisotopic (exact) mass is 246 g/mol. The summed E-state index contributed by atoms with van der Waals surface area (Å²) in [5.41, 5.74) is 2.68. The topological polar surface area (TPSA) is 51.2 Å². The quantitative estimate of drug-likeness (QED) is 0.862. The summed E-state index contributed by atoms with van der Waals surface area (Å²) < 4.78 is 5.54. The van der Waals surface area contributed by atoms with Crippen LogP contribution >= 0.6 is 0 Å². The summed E-state index contributed by atoms with van der Waals surface area (Å²) in [6.45, 7) is 4.76. The van der Waals surface area contributed by atoms with Crippen molar-refractivity contribution >= 4 is 5.91 Å². The van der Waals surface area contributed by atoms with Gasteiger partial charge in [0.1, 0.15) is 0 Å². The molecule has 1 N–H and O–H groups in total. The first-order valence-electron chi connectivity index (χ1n) is 6.51. The predicted octanol–water partition coefficient (Wildman–Crippen LogP) is 1.61. The summed E-state index contributed by atoms with van der Waals surface area (Å²) >= 11 is 0. The Morgan fingerprint density at radius 3 is 3.06 bits per heavy atom. The van der Waals surface area contributed by atoms with Crippen LogP contribution in [0.1, 0.15) is 34.5 Å². The van der Waals surface area contributed by atoms with Crippen LogP contribution in [0.25, 0.3) is 0 Å². The molecule has 2 fully saturated rings. The minimum absolute atomic E-state index is 0.0130. The zero-order chi connectivity index (χ0) is 12.7. The number of amides is 1. The van der Waals surface area contributed by atoms with E-state index in [2.05, 4.69) is 10.3 Å². The van der Waals surface area contributed by atoms with Crippen molar-refractivity contribution in [2.75, 3.05) is 6.61 Å². The van der Waals surface area contributed by atoms with Crippen molar-refractivity contribution in [1.29, 1.82) is 0 Å². The fourth-order valence-corrected chi connectivity index (χ4v) is 2.78. The van der Waals surface area contributed by atoms with E-state index in [0.29, 0.717) is 17.6 Å². The maximum atomic E-state index is 12.1. The van der Waals surface area contributed by atoms with E-state index in [9.17, 15) is 4.79 Å². The Hall–Kier alpha value is -1.42. The smallest absolute Gasteiger partial charge is 0.253 e. The van der Waals surface area contributed by atoms with E-state index >= 15 is 0 Å². The molecule has 1 aliphatic carbocycles. The minimum atomic E-state index is -0.0130. The summed E-state index contributed by atoms with van der Waals surface area (Å²) in [6.07, 6.45) is 4.06. The number of carbonyl (C=O) groups excluding carboxylic acids is 1. The molecule has 18 heavy (non-hydrogen) atoms. The predicted molar refractivity (Wildman–Crippen MR) is 67.4 cm³/mol. The third-order valence-electron chi connectivity index (χ3n) is 4.18. The standard InChI is InChI=1S/C14H18N2O2/c1-8-5-10(7-15-9(8)2)14(17)16-12-6-13-11(12)3-4-18-13/h5,7,11-13H,3-4,6H2,1-2H3,(H,16,17)/t11-,12+,13+/m0/s1. The number of pyridine rings is 1. The van der Waals surface area contributed by atoms with Gasteiger partial charge in [-0.1, -0.05) is 0 Å². The third kappa shape index (κ3) is 1.90. The molecule has 1 saturated carbocycles. The van der Waals surface area contributed by atoms with Crippen LogP contribution in [0.15, 0.2) is 12.3 Å². The molecular formula is C14H18N2O2. The van der Waals surface area contributed by atoms with Crippen LogP contribution in [0.5, 0.6) is 0 Å². The van der Waals surface area contributed by atoms with E-state index in [4.69, 9.17) is 4.74 Å². The maximum absolute atomic E-state index is 12.1. The number of fused-ring (bicyclic) bond motifs is 1. The minimum Gasteiger partial charge on any atom is -0.378 e. The maximum Gasteiger partial charge on any atom is 0.253 e. The van der Waals surface area contributed by atoms with Crippen LogP contribution < -0.4 is 5.32 Å². The summed E-state index contributed by atoms with van der Waals surface area (Å²) in [4.78, 5) is 16.3. The molecule has 4 heteroatoms. The van der Waals surface area contributed by atoms with E-state index in [0.717, 1.165) is 30.7 Å². The molecular weight excluding hydrogens is 228 g/mol. The molecule has 3 atom stereocenters. The number of aromatic nitrogens is 1. The van der Waals surface area contributed by atoms with Gasteiger partial charge in [-0.05, 0) is 38.3 Å². The second kappa shape index (κ2) is 4.35. The van der Waals surface area contributed by atoms with E-state index < -0.39 is 0 Å². The van der Waals surface area contributed by atoms with Gasteiger partial charge in [0.2, 0.25) is 0 Å². The van der Waals surface area contributed by atoms with Gasteiger partial charge in [0.25, 0.3) is 5.91 Å². The number of nitrogens with one attached hydrogen (secondary N) is 1. The van der Waals surface area contributed by atoms with E-state index in [1.165, 1.54) is 0 Å². The van der Waals surface area contributed by atoms with Crippen molar-refractivity contribution in [2.45, 2.75) is 38.8 Å². The average Bonchev–Trinajstić information content (AvgIpc) is 2.71. The number of rotatable bonds is 2. The lowest BCUT2D eigenvalue weighted by Gasteiger charge is -2.39. The van der Waals surface area contributed by atoms with E-state index in [1.807, 2.05) is 19.9 Å².